The Hall–Kier alpha value is 0.440. The van der Waals surface area contributed by atoms with E-state index in [1.165, 1.54) is 37.2 Å². The molecular weight excluding hydrogens is 256 g/mol. The predicted molar refractivity (Wildman–Crippen MR) is 83.1 cm³/mol. The summed E-state index contributed by atoms with van der Waals surface area (Å²) in [7, 11) is 0. The third-order valence-corrected chi connectivity index (χ3v) is 9.80. The quantitative estimate of drug-likeness (QED) is 0.575. The van der Waals surface area contributed by atoms with Crippen LogP contribution in [-0.4, -0.2) is 15.6 Å². The summed E-state index contributed by atoms with van der Waals surface area (Å²) >= 11 is 4.46. The first-order valence-corrected chi connectivity index (χ1v) is 9.47. The molecule has 4 aliphatic rings. The molecular formula is C16H24S2. The number of thioether (sulfide) groups is 2. The van der Waals surface area contributed by atoms with Gasteiger partial charge in [-0.05, 0) is 48.3 Å². The molecule has 3 fully saturated rings. The van der Waals surface area contributed by atoms with E-state index in [4.69, 9.17) is 0 Å². The Morgan fingerprint density at radius 1 is 1.17 bits per heavy atom. The first kappa shape index (κ1) is 12.2. The van der Waals surface area contributed by atoms with Crippen molar-refractivity contribution in [2.24, 2.45) is 22.7 Å². The molecule has 18 heavy (non-hydrogen) atoms. The average molecular weight is 281 g/mol. The van der Waals surface area contributed by atoms with Gasteiger partial charge in [0, 0.05) is 11.5 Å². The van der Waals surface area contributed by atoms with Gasteiger partial charge in [-0.15, -0.1) is 23.5 Å². The molecule has 2 heteroatoms. The minimum Gasteiger partial charge on any atom is -0.139 e. The highest BCUT2D eigenvalue weighted by Crippen LogP contribution is 2.73. The molecule has 2 spiro atoms. The maximum absolute atomic E-state index is 2.76. The van der Waals surface area contributed by atoms with Crippen molar-refractivity contribution in [2.45, 2.75) is 50.5 Å². The Balaban J connectivity index is 1.85. The standard InChI is InChI=1S/C16H24S2/c1-11-8-16(17-6-7-18-16)10-13-14(2,3)12-4-5-15(11,13)9-12/h10-12H,4-9H2,1-3H3/t11-,12+,15-/m1/s1. The molecule has 4 rings (SSSR count). The Kier molecular flexibility index (Phi) is 2.41. The molecule has 0 amide bonds. The van der Waals surface area contributed by atoms with Crippen molar-refractivity contribution in [3.63, 3.8) is 0 Å². The van der Waals surface area contributed by atoms with Gasteiger partial charge in [-0.25, -0.2) is 0 Å². The maximum Gasteiger partial charge on any atom is 0.0797 e. The summed E-state index contributed by atoms with van der Waals surface area (Å²) < 4.78 is 0.460. The largest absolute Gasteiger partial charge is 0.139 e. The molecule has 2 bridgehead atoms. The second kappa shape index (κ2) is 3.55. The molecule has 0 radical (unpaired) electrons. The summed E-state index contributed by atoms with van der Waals surface area (Å²) in [6.07, 6.45) is 8.66. The molecule has 0 aromatic rings. The molecule has 1 aliphatic heterocycles. The van der Waals surface area contributed by atoms with Crippen molar-refractivity contribution in [1.29, 1.82) is 0 Å². The van der Waals surface area contributed by atoms with E-state index in [1.54, 1.807) is 0 Å². The highest BCUT2D eigenvalue weighted by Gasteiger charge is 2.63. The first-order chi connectivity index (χ1) is 8.49. The lowest BCUT2D eigenvalue weighted by Crippen LogP contribution is -2.40. The van der Waals surface area contributed by atoms with Crippen molar-refractivity contribution in [3.05, 3.63) is 11.6 Å². The lowest BCUT2D eigenvalue weighted by Gasteiger charge is -2.49. The fraction of sp³-hybridized carbons (Fsp3) is 0.875. The number of hydrogen-bond acceptors (Lipinski definition) is 2. The smallest absolute Gasteiger partial charge is 0.0797 e. The zero-order chi connectivity index (χ0) is 12.6. The fourth-order valence-electron chi connectivity index (χ4n) is 5.41. The topological polar surface area (TPSA) is 0 Å². The van der Waals surface area contributed by atoms with Crippen molar-refractivity contribution in [2.75, 3.05) is 11.5 Å². The molecule has 100 valence electrons. The van der Waals surface area contributed by atoms with Crippen molar-refractivity contribution in [1.82, 2.24) is 0 Å². The Bertz CT molecular complexity index is 417. The van der Waals surface area contributed by atoms with E-state index < -0.39 is 0 Å². The maximum atomic E-state index is 2.76. The molecule has 1 heterocycles. The lowest BCUT2D eigenvalue weighted by atomic mass is 9.60. The molecule has 3 atom stereocenters. The van der Waals surface area contributed by atoms with Gasteiger partial charge in [-0.3, -0.25) is 0 Å². The molecule has 0 unspecified atom stereocenters. The number of fused-ring (bicyclic) bond motifs is 1. The van der Waals surface area contributed by atoms with E-state index in [2.05, 4.69) is 50.4 Å². The second-order valence-corrected chi connectivity index (χ2v) is 10.6. The zero-order valence-electron chi connectivity index (χ0n) is 11.8. The predicted octanol–water partition coefficient (Wildman–Crippen LogP) is 4.96. The van der Waals surface area contributed by atoms with Crippen LogP contribution in [0.5, 0.6) is 0 Å². The van der Waals surface area contributed by atoms with E-state index in [9.17, 15) is 0 Å². The normalized spacial score (nSPS) is 47.4. The van der Waals surface area contributed by atoms with Crippen molar-refractivity contribution >= 4 is 23.5 Å². The van der Waals surface area contributed by atoms with Crippen molar-refractivity contribution < 1.29 is 0 Å². The third-order valence-electron chi connectivity index (χ3n) is 6.48. The summed E-state index contributed by atoms with van der Waals surface area (Å²) in [5.74, 6) is 4.59. The van der Waals surface area contributed by atoms with Gasteiger partial charge in [0.1, 0.15) is 0 Å². The van der Waals surface area contributed by atoms with Gasteiger partial charge in [0.25, 0.3) is 0 Å². The van der Waals surface area contributed by atoms with Crippen LogP contribution in [0.3, 0.4) is 0 Å². The molecule has 2 saturated carbocycles. The van der Waals surface area contributed by atoms with Crippen LogP contribution < -0.4 is 0 Å². The van der Waals surface area contributed by atoms with Gasteiger partial charge in [0.2, 0.25) is 0 Å². The molecule has 0 aromatic heterocycles. The summed E-state index contributed by atoms with van der Waals surface area (Å²) in [6, 6.07) is 0. The first-order valence-electron chi connectivity index (χ1n) is 7.50. The summed E-state index contributed by atoms with van der Waals surface area (Å²) in [5, 5.41) is 0. The molecule has 1 saturated heterocycles. The van der Waals surface area contributed by atoms with Gasteiger partial charge in [-0.1, -0.05) is 32.4 Å². The molecule has 0 N–H and O–H groups in total. The third kappa shape index (κ3) is 1.32. The van der Waals surface area contributed by atoms with E-state index in [0.29, 0.717) is 14.9 Å². The van der Waals surface area contributed by atoms with Crippen LogP contribution in [0.15, 0.2) is 11.6 Å². The molecule has 0 aromatic carbocycles. The summed E-state index contributed by atoms with van der Waals surface area (Å²) in [4.78, 5) is 0. The van der Waals surface area contributed by atoms with E-state index in [1.807, 2.05) is 5.57 Å². The SMILES string of the molecule is C[C@@H]1CC2(C=C3C(C)(C)[C@H]4CC[C@]31C4)SCCS2. The van der Waals surface area contributed by atoms with Crippen LogP contribution in [0.25, 0.3) is 0 Å². The molecule has 0 nitrogen and oxygen atoms in total. The van der Waals surface area contributed by atoms with Gasteiger partial charge in [-0.2, -0.15) is 0 Å². The Labute approximate surface area is 120 Å². The minimum absolute atomic E-state index is 0.460. The van der Waals surface area contributed by atoms with Crippen molar-refractivity contribution in [3.8, 4) is 0 Å². The van der Waals surface area contributed by atoms with Crippen LogP contribution in [0.4, 0.5) is 0 Å². The van der Waals surface area contributed by atoms with E-state index in [-0.39, 0.29) is 0 Å². The Morgan fingerprint density at radius 3 is 2.61 bits per heavy atom. The highest BCUT2D eigenvalue weighted by molar-refractivity contribution is 8.21. The van der Waals surface area contributed by atoms with Crippen LogP contribution in [0.2, 0.25) is 0 Å². The number of hydrogen-bond donors (Lipinski definition) is 0. The van der Waals surface area contributed by atoms with Gasteiger partial charge >= 0.3 is 0 Å². The monoisotopic (exact) mass is 280 g/mol. The minimum atomic E-state index is 0.460. The van der Waals surface area contributed by atoms with Gasteiger partial charge in [0.15, 0.2) is 0 Å². The fourth-order valence-corrected chi connectivity index (χ4v) is 8.74. The highest BCUT2D eigenvalue weighted by atomic mass is 32.2. The van der Waals surface area contributed by atoms with Gasteiger partial charge in [0.05, 0.1) is 4.08 Å². The van der Waals surface area contributed by atoms with Crippen LogP contribution in [0.1, 0.15) is 46.5 Å². The van der Waals surface area contributed by atoms with E-state index >= 15 is 0 Å². The number of rotatable bonds is 0. The lowest BCUT2D eigenvalue weighted by molar-refractivity contribution is 0.189. The van der Waals surface area contributed by atoms with E-state index in [0.717, 1.165) is 11.8 Å². The summed E-state index contributed by atoms with van der Waals surface area (Å²) in [6.45, 7) is 7.61. The second-order valence-electron chi connectivity index (χ2n) is 7.49. The van der Waals surface area contributed by atoms with Gasteiger partial charge < -0.3 is 0 Å². The van der Waals surface area contributed by atoms with Crippen LogP contribution in [0, 0.1) is 22.7 Å². The van der Waals surface area contributed by atoms with Crippen LogP contribution in [-0.2, 0) is 0 Å². The van der Waals surface area contributed by atoms with Crippen LogP contribution >= 0.6 is 23.5 Å². The zero-order valence-corrected chi connectivity index (χ0v) is 13.4. The number of allylic oxidation sites excluding steroid dienone is 1. The molecule has 3 aliphatic carbocycles. The summed E-state index contributed by atoms with van der Waals surface area (Å²) in [5.41, 5.74) is 2.97. The Morgan fingerprint density at radius 2 is 1.89 bits per heavy atom. The average Bonchev–Trinajstić information content (AvgIpc) is 2.95.